The molecule has 570 valence electrons. The molecule has 0 saturated carbocycles. The van der Waals surface area contributed by atoms with Gasteiger partial charge in [0.15, 0.2) is 12.2 Å². The second-order valence-corrected chi connectivity index (χ2v) is 31.8. The van der Waals surface area contributed by atoms with Gasteiger partial charge in [0.2, 0.25) is 0 Å². The van der Waals surface area contributed by atoms with Gasteiger partial charge in [-0.3, -0.25) is 37.3 Å². The van der Waals surface area contributed by atoms with Gasteiger partial charge in [0, 0.05) is 25.7 Å². The molecule has 0 aromatic rings. The molecular weight excluding hydrogens is 1260 g/mol. The predicted octanol–water partition coefficient (Wildman–Crippen LogP) is 22.6. The van der Waals surface area contributed by atoms with Crippen LogP contribution in [0.1, 0.15) is 395 Å². The standard InChI is InChI=1S/C77H150O17P2/c1-8-10-11-12-13-14-15-16-17-18-21-24-27-30-36-44-51-58-74(79)87-64-72(93-76(81)60-53-46-37-31-28-25-22-19-20-23-26-29-34-41-48-55-68(3)4)66-91-95(83,84)89-62-71(78)63-90-96(85,86)92-67-73(65-88-75(80)59-52-45-40-39-42-49-56-69(5)6)94-77(82)61-54-47-38-33-32-35-43-50-57-70(7)9-2/h68-73,78H,8-67H2,1-7H3,(H,83,84)(H,85,86)/t70?,71-,72-,73-/m1/s1. The van der Waals surface area contributed by atoms with E-state index >= 15 is 0 Å². The van der Waals surface area contributed by atoms with E-state index in [1.54, 1.807) is 0 Å². The second kappa shape index (κ2) is 67.5. The highest BCUT2D eigenvalue weighted by molar-refractivity contribution is 7.47. The summed E-state index contributed by atoms with van der Waals surface area (Å²) in [4.78, 5) is 72.8. The topological polar surface area (TPSA) is 237 Å². The van der Waals surface area contributed by atoms with Crippen LogP contribution in [-0.2, 0) is 65.4 Å². The van der Waals surface area contributed by atoms with Crippen molar-refractivity contribution in [2.45, 2.75) is 414 Å². The molecule has 0 heterocycles. The molecule has 0 rings (SSSR count). The highest BCUT2D eigenvalue weighted by Gasteiger charge is 2.30. The fourth-order valence-corrected chi connectivity index (χ4v) is 13.3. The Kier molecular flexibility index (Phi) is 66.2. The lowest BCUT2D eigenvalue weighted by Crippen LogP contribution is -2.30. The first-order valence-electron chi connectivity index (χ1n) is 39.9. The largest absolute Gasteiger partial charge is 0.472 e. The van der Waals surface area contributed by atoms with Crippen molar-refractivity contribution in [2.75, 3.05) is 39.6 Å². The van der Waals surface area contributed by atoms with E-state index in [1.807, 2.05) is 0 Å². The summed E-state index contributed by atoms with van der Waals surface area (Å²) < 4.78 is 68.5. The average Bonchev–Trinajstić information content (AvgIpc) is 1.21. The lowest BCUT2D eigenvalue weighted by Gasteiger charge is -2.21. The minimum absolute atomic E-state index is 0.104. The van der Waals surface area contributed by atoms with E-state index < -0.39 is 97.5 Å². The van der Waals surface area contributed by atoms with Crippen molar-refractivity contribution < 1.29 is 80.2 Å². The van der Waals surface area contributed by atoms with Crippen molar-refractivity contribution in [3.05, 3.63) is 0 Å². The Morgan fingerprint density at radius 3 is 0.792 bits per heavy atom. The summed E-state index contributed by atoms with van der Waals surface area (Å²) in [6.45, 7) is 11.8. The van der Waals surface area contributed by atoms with Crippen LogP contribution in [0.4, 0.5) is 0 Å². The number of rotatable bonds is 75. The monoisotopic (exact) mass is 1410 g/mol. The molecule has 0 bridgehead atoms. The fourth-order valence-electron chi connectivity index (χ4n) is 11.7. The third kappa shape index (κ3) is 69.2. The number of ether oxygens (including phenoxy) is 4. The van der Waals surface area contributed by atoms with Crippen LogP contribution in [0, 0.1) is 17.8 Å². The predicted molar refractivity (Wildman–Crippen MR) is 391 cm³/mol. The second-order valence-electron chi connectivity index (χ2n) is 28.9. The molecule has 17 nitrogen and oxygen atoms in total. The SMILES string of the molecule is CCCCCCCCCCCCCCCCCCCC(=O)OC[C@H](COP(=O)(O)OC[C@@H](O)COP(=O)(O)OC[C@@H](COC(=O)CCCCCCCCC(C)C)OC(=O)CCCCCCCCCCC(C)CC)OC(=O)CCCCCCCCCCCCCCCCCC(C)C. The lowest BCUT2D eigenvalue weighted by molar-refractivity contribution is -0.161. The molecule has 3 N–H and O–H groups in total. The number of unbranched alkanes of at least 4 members (excludes halogenated alkanes) is 42. The number of phosphoric ester groups is 2. The molecule has 0 aliphatic rings. The smallest absolute Gasteiger partial charge is 0.462 e. The number of aliphatic hydroxyl groups excluding tert-OH is 1. The van der Waals surface area contributed by atoms with Crippen molar-refractivity contribution in [3.8, 4) is 0 Å². The zero-order valence-electron chi connectivity index (χ0n) is 62.8. The third-order valence-electron chi connectivity index (χ3n) is 18.2. The van der Waals surface area contributed by atoms with Crippen LogP contribution in [0.3, 0.4) is 0 Å². The molecule has 0 aromatic heterocycles. The Morgan fingerprint density at radius 1 is 0.302 bits per heavy atom. The molecule has 0 aliphatic carbocycles. The summed E-state index contributed by atoms with van der Waals surface area (Å²) in [5.74, 6) is 0.132. The number of carbonyl (C=O) groups excluding carboxylic acids is 4. The van der Waals surface area contributed by atoms with Crippen molar-refractivity contribution in [1.82, 2.24) is 0 Å². The first-order valence-corrected chi connectivity index (χ1v) is 42.9. The zero-order valence-corrected chi connectivity index (χ0v) is 64.6. The maximum atomic E-state index is 13.1. The van der Waals surface area contributed by atoms with Crippen molar-refractivity contribution in [3.63, 3.8) is 0 Å². The number of hydrogen-bond donors (Lipinski definition) is 3. The molecule has 6 atom stereocenters. The number of esters is 4. The van der Waals surface area contributed by atoms with Crippen LogP contribution in [0.25, 0.3) is 0 Å². The Balaban J connectivity index is 5.23. The van der Waals surface area contributed by atoms with E-state index in [0.717, 1.165) is 108 Å². The normalized spacial score (nSPS) is 14.3. The summed E-state index contributed by atoms with van der Waals surface area (Å²) in [6.07, 6.45) is 54.3. The molecule has 0 aromatic carbocycles. The minimum atomic E-state index is -4.96. The van der Waals surface area contributed by atoms with Crippen LogP contribution >= 0.6 is 15.6 Å². The van der Waals surface area contributed by atoms with E-state index in [4.69, 9.17) is 37.0 Å². The van der Waals surface area contributed by atoms with Crippen LogP contribution in [0.2, 0.25) is 0 Å². The average molecular weight is 1410 g/mol. The third-order valence-corrected chi connectivity index (χ3v) is 20.1. The van der Waals surface area contributed by atoms with Crippen LogP contribution in [-0.4, -0.2) is 96.7 Å². The number of aliphatic hydroxyl groups is 1. The summed E-state index contributed by atoms with van der Waals surface area (Å²) >= 11 is 0. The molecule has 0 aliphatic heterocycles. The van der Waals surface area contributed by atoms with Gasteiger partial charge in [0.05, 0.1) is 26.4 Å². The molecule has 0 spiro atoms. The van der Waals surface area contributed by atoms with Crippen molar-refractivity contribution in [1.29, 1.82) is 0 Å². The summed E-state index contributed by atoms with van der Waals surface area (Å²) in [5, 5.41) is 10.6. The van der Waals surface area contributed by atoms with Crippen LogP contribution in [0.15, 0.2) is 0 Å². The molecule has 0 amide bonds. The highest BCUT2D eigenvalue weighted by Crippen LogP contribution is 2.45. The van der Waals surface area contributed by atoms with Gasteiger partial charge in [-0.25, -0.2) is 9.13 Å². The quantitative estimate of drug-likeness (QED) is 0.0222. The first kappa shape index (κ1) is 94.1. The molecule has 0 fully saturated rings. The molecule has 19 heteroatoms. The summed E-state index contributed by atoms with van der Waals surface area (Å²) in [5.41, 5.74) is 0. The van der Waals surface area contributed by atoms with E-state index in [9.17, 15) is 43.2 Å². The van der Waals surface area contributed by atoms with Gasteiger partial charge in [-0.05, 0) is 43.4 Å². The van der Waals surface area contributed by atoms with Crippen molar-refractivity contribution in [2.24, 2.45) is 17.8 Å². The van der Waals surface area contributed by atoms with Gasteiger partial charge in [0.1, 0.15) is 19.3 Å². The summed E-state index contributed by atoms with van der Waals surface area (Å²) in [6, 6.07) is 0. The molecule has 96 heavy (non-hydrogen) atoms. The van der Waals surface area contributed by atoms with Gasteiger partial charge in [-0.1, -0.05) is 344 Å². The van der Waals surface area contributed by atoms with Gasteiger partial charge in [0.25, 0.3) is 0 Å². The molecule has 0 saturated heterocycles. The van der Waals surface area contributed by atoms with E-state index in [2.05, 4.69) is 48.5 Å². The minimum Gasteiger partial charge on any atom is -0.462 e. The fraction of sp³-hybridized carbons (Fsp3) is 0.948. The van der Waals surface area contributed by atoms with Crippen LogP contribution in [0.5, 0.6) is 0 Å². The first-order chi connectivity index (χ1) is 46.3. The molecular formula is C77H150O17P2. The maximum Gasteiger partial charge on any atom is 0.472 e. The van der Waals surface area contributed by atoms with Crippen molar-refractivity contribution >= 4 is 39.5 Å². The molecule has 0 radical (unpaired) electrons. The van der Waals surface area contributed by atoms with E-state index in [-0.39, 0.29) is 25.7 Å². The van der Waals surface area contributed by atoms with E-state index in [1.165, 1.54) is 199 Å². The molecule has 3 unspecified atom stereocenters. The van der Waals surface area contributed by atoms with Gasteiger partial charge >= 0.3 is 39.5 Å². The Morgan fingerprint density at radius 2 is 0.531 bits per heavy atom. The number of phosphoric acid groups is 2. The summed E-state index contributed by atoms with van der Waals surface area (Å²) in [7, 11) is -9.91. The maximum absolute atomic E-state index is 13.1. The Bertz CT molecular complexity index is 1870. The van der Waals surface area contributed by atoms with Gasteiger partial charge < -0.3 is 33.8 Å². The lowest BCUT2D eigenvalue weighted by atomic mass is 9.99. The van der Waals surface area contributed by atoms with Gasteiger partial charge in [-0.15, -0.1) is 0 Å². The van der Waals surface area contributed by atoms with Crippen LogP contribution < -0.4 is 0 Å². The van der Waals surface area contributed by atoms with E-state index in [0.29, 0.717) is 31.6 Å². The van der Waals surface area contributed by atoms with Gasteiger partial charge in [-0.2, -0.15) is 0 Å². The number of carbonyl (C=O) groups is 4. The highest BCUT2D eigenvalue weighted by atomic mass is 31.2. The Hall–Kier alpha value is -1.94. The zero-order chi connectivity index (χ0) is 70.9. The Labute approximate surface area is 588 Å². The number of hydrogen-bond acceptors (Lipinski definition) is 15.